The van der Waals surface area contributed by atoms with E-state index in [-0.39, 0.29) is 175 Å². The van der Waals surface area contributed by atoms with Gasteiger partial charge in [-0.05, 0) is 123 Å². The second kappa shape index (κ2) is 25.6. The Labute approximate surface area is 454 Å². The van der Waals surface area contributed by atoms with Crippen LogP contribution in [0.3, 0.4) is 0 Å². The van der Waals surface area contributed by atoms with Gasteiger partial charge in [0.05, 0.1) is 0 Å². The fourth-order valence-electron chi connectivity index (χ4n) is 5.57. The Morgan fingerprint density at radius 3 is 0.797 bits per heavy atom. The van der Waals surface area contributed by atoms with Crippen molar-refractivity contribution < 1.29 is 171 Å². The molecular formula is C41H30N6Na4O11P2. The maximum Gasteiger partial charge on any atom is 1.00 e. The third-order valence-electron chi connectivity index (χ3n) is 8.37. The largest absolute Gasteiger partial charge is 1.00 e. The van der Waals surface area contributed by atoms with E-state index in [2.05, 4.69) is 31.9 Å². The molecule has 6 aromatic carbocycles. The number of hydrogen-bond acceptors (Lipinski definition) is 11. The molecule has 6 rings (SSSR count). The van der Waals surface area contributed by atoms with Crippen molar-refractivity contribution in [1.82, 2.24) is 0 Å². The van der Waals surface area contributed by atoms with E-state index in [4.69, 9.17) is 0 Å². The Kier molecular flexibility index (Phi) is 22.8. The topological polar surface area (TPSA) is 284 Å². The average molecular weight is 937 g/mol. The van der Waals surface area contributed by atoms with Gasteiger partial charge in [-0.3, -0.25) is 19.2 Å². The molecule has 0 aliphatic carbocycles. The van der Waals surface area contributed by atoms with Crippen LogP contribution >= 0.6 is 15.2 Å². The molecule has 0 heterocycles. The number of anilines is 6. The van der Waals surface area contributed by atoms with Crippen LogP contribution in [0, 0.1) is 0 Å². The minimum absolute atomic E-state index is 0. The van der Waals surface area contributed by atoms with E-state index in [0.717, 1.165) is 24.3 Å². The Balaban J connectivity index is 0.00000352. The monoisotopic (exact) mass is 936 g/mol. The zero-order chi connectivity index (χ0) is 43.0. The zero-order valence-corrected chi connectivity index (χ0v) is 44.5. The number of amides is 6. The predicted octanol–water partition coefficient (Wildman–Crippen LogP) is -8.57. The van der Waals surface area contributed by atoms with E-state index in [9.17, 15) is 52.7 Å². The van der Waals surface area contributed by atoms with Gasteiger partial charge in [0.25, 0.3) is 23.6 Å². The summed E-state index contributed by atoms with van der Waals surface area (Å²) < 4.78 is 22.7. The quantitative estimate of drug-likeness (QED) is 0.0495. The van der Waals surface area contributed by atoms with Gasteiger partial charge in [-0.15, -0.1) is 0 Å². The Morgan fingerprint density at radius 2 is 0.547 bits per heavy atom. The normalized spacial score (nSPS) is 10.4. The number of rotatable bonds is 12. The Bertz CT molecular complexity index is 2590. The van der Waals surface area contributed by atoms with Gasteiger partial charge in [0.15, 0.2) is 0 Å². The van der Waals surface area contributed by atoms with Gasteiger partial charge in [0.2, 0.25) is 0 Å². The first kappa shape index (κ1) is 56.9. The number of hydrogen-bond donors (Lipinski definition) is 6. The van der Waals surface area contributed by atoms with E-state index in [1.54, 1.807) is 24.3 Å². The van der Waals surface area contributed by atoms with Gasteiger partial charge in [0, 0.05) is 56.4 Å². The minimum atomic E-state index is -5.03. The molecule has 23 heteroatoms. The summed E-state index contributed by atoms with van der Waals surface area (Å²) in [5.74, 6) is -2.40. The molecule has 304 valence electrons. The van der Waals surface area contributed by atoms with Crippen molar-refractivity contribution in [2.45, 2.75) is 0 Å². The molecule has 0 aliphatic heterocycles. The molecule has 0 aliphatic rings. The van der Waals surface area contributed by atoms with Crippen molar-refractivity contribution in [3.8, 4) is 0 Å². The molecule has 0 radical (unpaired) electrons. The summed E-state index contributed by atoms with van der Waals surface area (Å²) in [5.41, 5.74) is 1.73. The van der Waals surface area contributed by atoms with Gasteiger partial charge in [-0.25, -0.2) is 4.79 Å². The van der Waals surface area contributed by atoms with Gasteiger partial charge in [-0.2, -0.15) is 0 Å². The first-order valence-electron chi connectivity index (χ1n) is 17.5. The Morgan fingerprint density at radius 1 is 0.328 bits per heavy atom. The van der Waals surface area contributed by atoms with Crippen LogP contribution < -0.4 is 180 Å². The SMILES string of the molecule is O=C(Nc1cccc(C(=O)Nc2cccc(C(=O)Nc3cccc(P(=O)([O-])[O-])c3)c2)c1)Nc1cccc(C(=O)Nc2cccc(C(=O)Nc3cccc(P(=O)([O-])[O-])c3)c2)c1.[Na+].[Na+].[Na+].[Na+]. The molecule has 17 nitrogen and oxygen atoms in total. The molecule has 0 aromatic heterocycles. The number of carbonyl (C=O) groups is 5. The molecule has 0 spiro atoms. The average Bonchev–Trinajstić information content (AvgIpc) is 3.21. The van der Waals surface area contributed by atoms with Crippen LogP contribution in [0.2, 0.25) is 0 Å². The van der Waals surface area contributed by atoms with Crippen LogP contribution in [0.5, 0.6) is 0 Å². The summed E-state index contributed by atoms with van der Waals surface area (Å²) >= 11 is 0. The number of carbonyl (C=O) groups excluding carboxylic acids is 5. The standard InChI is InChI=1S/C41H34N6O11P2.4Na/c48-37(42-29-11-1-7-25(19-29)39(50)44-33-15-5-17-35(23-33)59(53,54)55)27-9-3-13-31(21-27)46-41(52)47-32-14-4-10-28(22-32)38(49)43-30-12-2-8-26(20-30)40(51)45-34-16-6-18-36(24-34)60(56,57)58;;;;/h1-24H,(H,42,48)(H,43,49)(H,44,50)(H,45,51)(H2,46,47,52)(H2,53,54,55)(H2,56,57,58);;;;/q;4*+1/p-4. The van der Waals surface area contributed by atoms with E-state index < -0.39 is 55.5 Å². The number of nitrogens with one attached hydrogen (secondary N) is 6. The molecule has 0 saturated carbocycles. The van der Waals surface area contributed by atoms with Gasteiger partial charge in [0.1, 0.15) is 0 Å². The third-order valence-corrected chi connectivity index (χ3v) is 10.2. The van der Waals surface area contributed by atoms with Crippen molar-refractivity contribution >= 4 is 89.6 Å². The van der Waals surface area contributed by atoms with Crippen LogP contribution in [0.25, 0.3) is 0 Å². The summed E-state index contributed by atoms with van der Waals surface area (Å²) in [4.78, 5) is 110. The van der Waals surface area contributed by atoms with Crippen molar-refractivity contribution in [3.05, 3.63) is 168 Å². The van der Waals surface area contributed by atoms with Crippen molar-refractivity contribution in [3.63, 3.8) is 0 Å². The summed E-state index contributed by atoms with van der Waals surface area (Å²) in [6.07, 6.45) is 0. The van der Waals surface area contributed by atoms with E-state index in [1.165, 1.54) is 97.1 Å². The predicted molar refractivity (Wildman–Crippen MR) is 218 cm³/mol. The van der Waals surface area contributed by atoms with Gasteiger partial charge < -0.3 is 60.6 Å². The van der Waals surface area contributed by atoms with E-state index >= 15 is 0 Å². The molecule has 64 heavy (non-hydrogen) atoms. The first-order valence-corrected chi connectivity index (χ1v) is 20.6. The number of urea groups is 1. The molecule has 0 atom stereocenters. The minimum Gasteiger partial charge on any atom is -0.807 e. The molecule has 0 fully saturated rings. The van der Waals surface area contributed by atoms with Crippen LogP contribution in [0.1, 0.15) is 41.4 Å². The second-order valence-corrected chi connectivity index (χ2v) is 15.8. The number of benzene rings is 6. The third kappa shape index (κ3) is 16.6. The fourth-order valence-corrected chi connectivity index (χ4v) is 6.70. The smallest absolute Gasteiger partial charge is 0.807 e. The molecule has 6 N–H and O–H groups in total. The van der Waals surface area contributed by atoms with Gasteiger partial charge in [-0.1, -0.05) is 48.5 Å². The maximum atomic E-state index is 13.1. The van der Waals surface area contributed by atoms with Crippen molar-refractivity contribution in [1.29, 1.82) is 0 Å². The zero-order valence-electron chi connectivity index (χ0n) is 34.7. The fraction of sp³-hybridized carbons (Fsp3) is 0. The van der Waals surface area contributed by atoms with Gasteiger partial charge >= 0.3 is 124 Å². The van der Waals surface area contributed by atoms with Crippen LogP contribution in [0.15, 0.2) is 146 Å². The van der Waals surface area contributed by atoms with Crippen LogP contribution in [-0.4, -0.2) is 29.7 Å². The van der Waals surface area contributed by atoms with E-state index in [1.807, 2.05) is 0 Å². The molecule has 0 unspecified atom stereocenters. The molecule has 0 saturated heterocycles. The van der Waals surface area contributed by atoms with Crippen LogP contribution in [-0.2, 0) is 9.13 Å². The molecule has 6 amide bonds. The second-order valence-electron chi connectivity index (χ2n) is 12.8. The summed E-state index contributed by atoms with van der Waals surface area (Å²) in [7, 11) is -10.1. The summed E-state index contributed by atoms with van der Waals surface area (Å²) in [6.45, 7) is 0. The first-order chi connectivity index (χ1) is 28.5. The Hall–Kier alpha value is -3.23. The van der Waals surface area contributed by atoms with Crippen molar-refractivity contribution in [2.24, 2.45) is 0 Å². The maximum absolute atomic E-state index is 13.1. The summed E-state index contributed by atoms with van der Waals surface area (Å²) in [6, 6.07) is 32.9. The van der Waals surface area contributed by atoms with Crippen molar-refractivity contribution in [2.75, 3.05) is 31.9 Å². The molecular weight excluding hydrogens is 906 g/mol. The van der Waals surface area contributed by atoms with E-state index in [0.29, 0.717) is 0 Å². The van der Waals surface area contributed by atoms with Crippen LogP contribution in [0.4, 0.5) is 38.9 Å². The molecule has 0 bridgehead atoms. The molecule has 6 aromatic rings. The summed E-state index contributed by atoms with van der Waals surface area (Å²) in [5, 5.41) is 14.6.